The third kappa shape index (κ3) is 8.37. The van der Waals surface area contributed by atoms with Crippen molar-refractivity contribution in [2.24, 2.45) is 4.52 Å². The zero-order valence-electron chi connectivity index (χ0n) is 14.7. The molecule has 0 radical (unpaired) electrons. The van der Waals surface area contributed by atoms with E-state index in [4.69, 9.17) is 5.53 Å². The van der Waals surface area contributed by atoms with Gasteiger partial charge in [0, 0.05) is 9.43 Å². The topological polar surface area (TPSA) is 82.9 Å². The Hall–Kier alpha value is -1.52. The number of benzene rings is 1. The molecule has 0 unspecified atom stereocenters. The van der Waals surface area contributed by atoms with Crippen LogP contribution < -0.4 is 0 Å². The van der Waals surface area contributed by atoms with Crippen LogP contribution in [0.5, 0.6) is 0 Å². The van der Waals surface area contributed by atoms with Gasteiger partial charge in [0.1, 0.15) is 0 Å². The molecular formula is C18H29N3O2S. The van der Waals surface area contributed by atoms with Gasteiger partial charge in [0.15, 0.2) is 0 Å². The van der Waals surface area contributed by atoms with Crippen molar-refractivity contribution in [3.8, 4) is 0 Å². The van der Waals surface area contributed by atoms with Crippen molar-refractivity contribution < 1.29 is 8.42 Å². The minimum atomic E-state index is -3.86. The summed E-state index contributed by atoms with van der Waals surface area (Å²) in [4.78, 5) is 2.40. The monoisotopic (exact) mass is 351 g/mol. The van der Waals surface area contributed by atoms with Crippen LogP contribution in [0.2, 0.25) is 0 Å². The van der Waals surface area contributed by atoms with Gasteiger partial charge in [0.05, 0.1) is 4.90 Å². The summed E-state index contributed by atoms with van der Waals surface area (Å²) >= 11 is 0. The summed E-state index contributed by atoms with van der Waals surface area (Å²) in [6.45, 7) is 2.24. The molecule has 6 heteroatoms. The van der Waals surface area contributed by atoms with E-state index in [1.165, 1.54) is 69.9 Å². The van der Waals surface area contributed by atoms with E-state index in [9.17, 15) is 8.42 Å². The maximum atomic E-state index is 11.6. The van der Waals surface area contributed by atoms with Crippen molar-refractivity contribution in [2.45, 2.75) is 82.4 Å². The highest BCUT2D eigenvalue weighted by Crippen LogP contribution is 2.16. The maximum absolute atomic E-state index is 11.6. The minimum absolute atomic E-state index is 0.0483. The summed E-state index contributed by atoms with van der Waals surface area (Å²) in [6.07, 6.45) is 14.0. The van der Waals surface area contributed by atoms with Crippen LogP contribution in [-0.2, 0) is 16.4 Å². The molecule has 0 aromatic heterocycles. The van der Waals surface area contributed by atoms with E-state index in [-0.39, 0.29) is 4.90 Å². The van der Waals surface area contributed by atoms with E-state index in [1.54, 1.807) is 12.1 Å². The Morgan fingerprint density at radius 1 is 0.875 bits per heavy atom. The van der Waals surface area contributed by atoms with Crippen LogP contribution >= 0.6 is 0 Å². The molecule has 5 nitrogen and oxygen atoms in total. The van der Waals surface area contributed by atoms with Gasteiger partial charge in [-0.15, -0.1) is 0 Å². The molecule has 0 spiro atoms. The molecule has 0 aliphatic carbocycles. The predicted molar refractivity (Wildman–Crippen MR) is 98.3 cm³/mol. The number of rotatable bonds is 13. The molecule has 0 amide bonds. The van der Waals surface area contributed by atoms with E-state index < -0.39 is 10.0 Å². The van der Waals surface area contributed by atoms with Crippen LogP contribution in [0.15, 0.2) is 33.7 Å². The summed E-state index contributed by atoms with van der Waals surface area (Å²) in [5.41, 5.74) is 9.38. The molecule has 0 heterocycles. The predicted octanol–water partition coefficient (Wildman–Crippen LogP) is 6.15. The second-order valence-electron chi connectivity index (χ2n) is 6.22. The lowest BCUT2D eigenvalue weighted by Crippen LogP contribution is -1.95. The molecule has 1 rings (SSSR count). The lowest BCUT2D eigenvalue weighted by atomic mass is 10.0. The Bertz CT molecular complexity index is 606. The highest BCUT2D eigenvalue weighted by Gasteiger charge is 2.10. The standard InChI is InChI=1S/C18H29N3O2S/c1-2-3-4-5-6-7-8-9-10-11-12-17-13-15-18(16-14-17)24(22,23)21-20-19/h13-16H,2-12H2,1H3. The van der Waals surface area contributed by atoms with Gasteiger partial charge in [-0.05, 0) is 36.1 Å². The Labute approximate surface area is 146 Å². The summed E-state index contributed by atoms with van der Waals surface area (Å²) in [5.74, 6) is 0. The lowest BCUT2D eigenvalue weighted by Gasteiger charge is -2.04. The molecule has 0 atom stereocenters. The van der Waals surface area contributed by atoms with Gasteiger partial charge in [-0.3, -0.25) is 0 Å². The van der Waals surface area contributed by atoms with Gasteiger partial charge in [0.25, 0.3) is 10.0 Å². The summed E-state index contributed by atoms with van der Waals surface area (Å²) in [6, 6.07) is 6.62. The molecule has 24 heavy (non-hydrogen) atoms. The molecule has 1 aromatic carbocycles. The molecular weight excluding hydrogens is 322 g/mol. The summed E-state index contributed by atoms with van der Waals surface area (Å²) < 4.78 is 26.0. The first-order chi connectivity index (χ1) is 11.6. The van der Waals surface area contributed by atoms with Crippen LogP contribution in [0.25, 0.3) is 10.4 Å². The van der Waals surface area contributed by atoms with Crippen LogP contribution in [0.4, 0.5) is 0 Å². The molecule has 0 aliphatic rings. The van der Waals surface area contributed by atoms with E-state index in [1.807, 2.05) is 0 Å². The fourth-order valence-corrected chi connectivity index (χ4v) is 3.41. The largest absolute Gasteiger partial charge is 0.264 e. The zero-order chi connectivity index (χ0) is 17.7. The second kappa shape index (κ2) is 11.9. The molecule has 134 valence electrons. The van der Waals surface area contributed by atoms with Gasteiger partial charge >= 0.3 is 0 Å². The Kier molecular flexibility index (Phi) is 10.2. The van der Waals surface area contributed by atoms with Crippen LogP contribution in [-0.4, -0.2) is 8.42 Å². The first-order valence-electron chi connectivity index (χ1n) is 9.00. The number of aryl methyl sites for hydroxylation is 1. The molecule has 0 bridgehead atoms. The van der Waals surface area contributed by atoms with Crippen molar-refractivity contribution in [3.63, 3.8) is 0 Å². The van der Waals surface area contributed by atoms with Crippen LogP contribution in [0.3, 0.4) is 0 Å². The van der Waals surface area contributed by atoms with E-state index in [0.717, 1.165) is 18.4 Å². The Morgan fingerprint density at radius 3 is 1.88 bits per heavy atom. The van der Waals surface area contributed by atoms with E-state index in [0.29, 0.717) is 0 Å². The fourth-order valence-electron chi connectivity index (χ4n) is 2.74. The minimum Gasteiger partial charge on any atom is -0.216 e. The van der Waals surface area contributed by atoms with Crippen LogP contribution in [0.1, 0.15) is 76.7 Å². The molecule has 0 aliphatic heterocycles. The number of hydrogen-bond acceptors (Lipinski definition) is 2. The number of azide groups is 1. The highest BCUT2D eigenvalue weighted by atomic mass is 32.2. The first-order valence-corrected chi connectivity index (χ1v) is 10.4. The first kappa shape index (κ1) is 20.5. The SMILES string of the molecule is CCCCCCCCCCCCc1ccc(S(=O)(=O)N=[N+]=[N-])cc1. The zero-order valence-corrected chi connectivity index (χ0v) is 15.5. The molecule has 0 saturated carbocycles. The average molecular weight is 352 g/mol. The molecule has 0 N–H and O–H groups in total. The number of nitrogens with zero attached hydrogens (tertiary/aromatic N) is 3. The smallest absolute Gasteiger partial charge is 0.216 e. The van der Waals surface area contributed by atoms with Gasteiger partial charge in [-0.2, -0.15) is 0 Å². The van der Waals surface area contributed by atoms with Crippen molar-refractivity contribution in [3.05, 3.63) is 40.3 Å². The maximum Gasteiger partial charge on any atom is 0.264 e. The third-order valence-corrected chi connectivity index (χ3v) is 5.34. The van der Waals surface area contributed by atoms with Gasteiger partial charge in [-0.1, -0.05) is 76.8 Å². The van der Waals surface area contributed by atoms with E-state index in [2.05, 4.69) is 16.4 Å². The number of sulfonamides is 1. The van der Waals surface area contributed by atoms with Crippen molar-refractivity contribution in [1.29, 1.82) is 0 Å². The van der Waals surface area contributed by atoms with Gasteiger partial charge < -0.3 is 0 Å². The fraction of sp³-hybridized carbons (Fsp3) is 0.667. The number of hydrogen-bond donors (Lipinski definition) is 0. The lowest BCUT2D eigenvalue weighted by molar-refractivity contribution is 0.556. The molecule has 0 saturated heterocycles. The quantitative estimate of drug-likeness (QED) is 0.185. The summed E-state index contributed by atoms with van der Waals surface area (Å²) in [7, 11) is -3.86. The van der Waals surface area contributed by atoms with Gasteiger partial charge in [0.2, 0.25) is 0 Å². The van der Waals surface area contributed by atoms with E-state index >= 15 is 0 Å². The summed E-state index contributed by atoms with van der Waals surface area (Å²) in [5, 5.41) is 0. The van der Waals surface area contributed by atoms with Crippen molar-refractivity contribution >= 4 is 10.0 Å². The van der Waals surface area contributed by atoms with Crippen molar-refractivity contribution in [2.75, 3.05) is 0 Å². The Balaban J connectivity index is 2.17. The molecule has 0 fully saturated rings. The van der Waals surface area contributed by atoms with Gasteiger partial charge in [-0.25, -0.2) is 8.42 Å². The second-order valence-corrected chi connectivity index (χ2v) is 7.81. The average Bonchev–Trinajstić information content (AvgIpc) is 2.57. The normalized spacial score (nSPS) is 11.2. The third-order valence-electron chi connectivity index (χ3n) is 4.18. The van der Waals surface area contributed by atoms with Crippen molar-refractivity contribution in [1.82, 2.24) is 0 Å². The van der Waals surface area contributed by atoms with Crippen LogP contribution in [0, 0.1) is 0 Å². The Morgan fingerprint density at radius 2 is 1.38 bits per heavy atom. The number of unbranched alkanes of at least 4 members (excludes halogenated alkanes) is 9. The molecule has 1 aromatic rings. The highest BCUT2D eigenvalue weighted by molar-refractivity contribution is 7.90.